The molecule has 0 spiro atoms. The maximum Gasteiger partial charge on any atom is 0.303 e. The van der Waals surface area contributed by atoms with E-state index in [9.17, 15) is 22.4 Å². The Labute approximate surface area is 182 Å². The first-order valence-electron chi connectivity index (χ1n) is 10.4. The Bertz CT molecular complexity index is 1020. The van der Waals surface area contributed by atoms with E-state index in [1.54, 1.807) is 12.1 Å². The number of anilines is 1. The predicted octanol–water partition coefficient (Wildman–Crippen LogP) is 2.88. The van der Waals surface area contributed by atoms with Crippen molar-refractivity contribution < 1.29 is 22.4 Å². The van der Waals surface area contributed by atoms with Crippen molar-refractivity contribution in [2.24, 2.45) is 5.73 Å². The molecule has 0 bridgehead atoms. The Morgan fingerprint density at radius 2 is 1.94 bits per heavy atom. The fraction of sp³-hybridized carbons (Fsp3) is 0.524. The van der Waals surface area contributed by atoms with Crippen molar-refractivity contribution in [3.05, 3.63) is 46.8 Å². The second-order valence-electron chi connectivity index (χ2n) is 8.38. The summed E-state index contributed by atoms with van der Waals surface area (Å²) < 4.78 is 54.4. The third-order valence-corrected chi connectivity index (χ3v) is 5.82. The third-order valence-electron chi connectivity index (χ3n) is 5.82. The first-order valence-corrected chi connectivity index (χ1v) is 10.4. The summed E-state index contributed by atoms with van der Waals surface area (Å²) >= 11 is 0. The number of hydrogen-bond donors (Lipinski definition) is 1. The van der Waals surface area contributed by atoms with Gasteiger partial charge in [0, 0.05) is 64.4 Å². The lowest BCUT2D eigenvalue weighted by atomic mass is 9.98. The zero-order valence-electron chi connectivity index (χ0n) is 17.6. The monoisotopic (exact) mass is 452 g/mol. The van der Waals surface area contributed by atoms with Crippen LogP contribution >= 0.6 is 0 Å². The molecule has 4 rings (SSSR count). The van der Waals surface area contributed by atoms with Crippen LogP contribution in [0.5, 0.6) is 0 Å². The number of amides is 1. The number of aromatic nitrogens is 3. The van der Waals surface area contributed by atoms with Gasteiger partial charge in [-0.3, -0.25) is 9.69 Å². The number of fused-ring (bicyclic) bond motifs is 1. The van der Waals surface area contributed by atoms with Crippen molar-refractivity contribution >= 4 is 11.6 Å². The topological polar surface area (TPSA) is 88.2 Å². The normalized spacial score (nSPS) is 19.0. The average Bonchev–Trinajstić information content (AvgIpc) is 2.72. The minimum absolute atomic E-state index is 0.0767. The molecule has 1 fully saturated rings. The number of pyridine rings is 1. The Morgan fingerprint density at radius 1 is 1.22 bits per heavy atom. The summed E-state index contributed by atoms with van der Waals surface area (Å²) in [6, 6.07) is 3.16. The highest BCUT2D eigenvalue weighted by atomic mass is 19.3. The van der Waals surface area contributed by atoms with Crippen LogP contribution in [0.15, 0.2) is 18.3 Å². The molecule has 0 atom stereocenters. The molecule has 2 aromatic heterocycles. The van der Waals surface area contributed by atoms with E-state index in [1.807, 2.05) is 9.80 Å². The Kier molecular flexibility index (Phi) is 5.78. The Morgan fingerprint density at radius 3 is 2.59 bits per heavy atom. The van der Waals surface area contributed by atoms with Gasteiger partial charge in [-0.05, 0) is 24.1 Å². The molecule has 7 nitrogen and oxygen atoms in total. The minimum atomic E-state index is -3.14. The van der Waals surface area contributed by atoms with Gasteiger partial charge < -0.3 is 10.6 Å². The number of alkyl halides is 4. The van der Waals surface area contributed by atoms with E-state index in [-0.39, 0.29) is 31.6 Å². The van der Waals surface area contributed by atoms with E-state index in [1.165, 1.54) is 6.20 Å². The highest BCUT2D eigenvalue weighted by Crippen LogP contribution is 2.35. The van der Waals surface area contributed by atoms with Crippen molar-refractivity contribution in [1.82, 2.24) is 19.9 Å². The zero-order valence-corrected chi connectivity index (χ0v) is 17.6. The molecule has 0 saturated carbocycles. The highest BCUT2D eigenvalue weighted by Gasteiger charge is 2.36. The smallest absolute Gasteiger partial charge is 0.303 e. The van der Waals surface area contributed by atoms with Crippen LogP contribution in [0.3, 0.4) is 0 Å². The number of primary amides is 1. The Hall–Kier alpha value is -2.82. The van der Waals surface area contributed by atoms with Crippen LogP contribution in [-0.4, -0.2) is 51.3 Å². The van der Waals surface area contributed by atoms with Gasteiger partial charge in [0.25, 0.3) is 11.8 Å². The van der Waals surface area contributed by atoms with E-state index >= 15 is 0 Å². The third kappa shape index (κ3) is 4.82. The van der Waals surface area contributed by atoms with Crippen molar-refractivity contribution in [3.63, 3.8) is 0 Å². The summed E-state index contributed by atoms with van der Waals surface area (Å²) in [5, 5.41) is 0. The molecule has 172 valence electrons. The number of nitrogens with two attached hydrogens (primary N) is 1. The summed E-state index contributed by atoms with van der Waals surface area (Å²) in [6.07, 6.45) is 1.38. The SMILES string of the molecule is CC(F)(F)c1nccc(CN2CCc3c(N4CCC(F)(F)CC4)cc(C(N)=O)nc3C2)n1. The molecule has 2 aromatic rings. The number of nitrogens with zero attached hydrogens (tertiary/aromatic N) is 5. The highest BCUT2D eigenvalue weighted by molar-refractivity contribution is 5.92. The number of halogens is 4. The van der Waals surface area contributed by atoms with Crippen LogP contribution < -0.4 is 10.6 Å². The fourth-order valence-electron chi connectivity index (χ4n) is 4.12. The van der Waals surface area contributed by atoms with E-state index in [0.717, 1.165) is 12.5 Å². The first-order chi connectivity index (χ1) is 15.0. The summed E-state index contributed by atoms with van der Waals surface area (Å²) in [4.78, 5) is 27.7. The first kappa shape index (κ1) is 22.4. The molecular weight excluding hydrogens is 428 g/mol. The van der Waals surface area contributed by atoms with Crippen LogP contribution in [0.4, 0.5) is 23.2 Å². The number of carbonyl (C=O) groups excluding carboxylic acids is 1. The summed E-state index contributed by atoms with van der Waals surface area (Å²) in [5.74, 6) is -7.05. The quantitative estimate of drug-likeness (QED) is 0.702. The molecule has 0 unspecified atom stereocenters. The molecule has 0 radical (unpaired) electrons. The molecule has 0 aliphatic carbocycles. The standard InChI is InChI=1S/C21H24F4N6O/c1-20(22,23)19-27-6-2-13(28-19)11-30-7-3-14-16(12-30)29-15(18(26)32)10-17(14)31-8-4-21(24,25)5-9-31/h2,6,10H,3-5,7-9,11-12H2,1H3,(H2,26,32). The van der Waals surface area contributed by atoms with E-state index in [4.69, 9.17) is 5.73 Å². The van der Waals surface area contributed by atoms with E-state index in [2.05, 4.69) is 15.0 Å². The fourth-order valence-corrected chi connectivity index (χ4v) is 4.12. The molecule has 32 heavy (non-hydrogen) atoms. The van der Waals surface area contributed by atoms with Gasteiger partial charge in [-0.2, -0.15) is 8.78 Å². The molecule has 1 amide bonds. The molecule has 11 heteroatoms. The van der Waals surface area contributed by atoms with E-state index in [0.29, 0.717) is 43.1 Å². The van der Waals surface area contributed by atoms with Gasteiger partial charge in [-0.1, -0.05) is 0 Å². The molecule has 2 aliphatic heterocycles. The van der Waals surface area contributed by atoms with Crippen LogP contribution in [0, 0.1) is 0 Å². The maximum absolute atomic E-state index is 13.6. The molecule has 2 N–H and O–H groups in total. The largest absolute Gasteiger partial charge is 0.371 e. The van der Waals surface area contributed by atoms with Crippen molar-refractivity contribution in [2.45, 2.75) is 51.1 Å². The van der Waals surface area contributed by atoms with Crippen LogP contribution in [0.1, 0.15) is 53.0 Å². The molecule has 1 saturated heterocycles. The summed E-state index contributed by atoms with van der Waals surface area (Å²) in [6.45, 7) is 2.37. The molecule has 4 heterocycles. The van der Waals surface area contributed by atoms with Crippen LogP contribution in [-0.2, 0) is 25.4 Å². The van der Waals surface area contributed by atoms with Gasteiger partial charge in [0.15, 0.2) is 5.82 Å². The van der Waals surface area contributed by atoms with Gasteiger partial charge in [-0.15, -0.1) is 0 Å². The molecule has 0 aromatic carbocycles. The summed E-state index contributed by atoms with van der Waals surface area (Å²) in [7, 11) is 0. The lowest BCUT2D eigenvalue weighted by Gasteiger charge is -2.37. The van der Waals surface area contributed by atoms with Crippen molar-refractivity contribution in [3.8, 4) is 0 Å². The second kappa shape index (κ2) is 8.27. The number of rotatable bonds is 5. The molecular formula is C21H24F4N6O. The predicted molar refractivity (Wildman–Crippen MR) is 109 cm³/mol. The average molecular weight is 452 g/mol. The van der Waals surface area contributed by atoms with Crippen molar-refractivity contribution in [1.29, 1.82) is 0 Å². The number of hydrogen-bond acceptors (Lipinski definition) is 6. The minimum Gasteiger partial charge on any atom is -0.371 e. The summed E-state index contributed by atoms with van der Waals surface area (Å²) in [5.41, 5.74) is 8.24. The lowest BCUT2D eigenvalue weighted by molar-refractivity contribution is -0.0221. The van der Waals surface area contributed by atoms with Crippen LogP contribution in [0.25, 0.3) is 0 Å². The Balaban J connectivity index is 1.58. The maximum atomic E-state index is 13.6. The lowest BCUT2D eigenvalue weighted by Crippen LogP contribution is -2.41. The van der Waals surface area contributed by atoms with E-state index < -0.39 is 23.6 Å². The van der Waals surface area contributed by atoms with Crippen LogP contribution in [0.2, 0.25) is 0 Å². The van der Waals surface area contributed by atoms with Gasteiger partial charge in [0.05, 0.1) is 11.4 Å². The van der Waals surface area contributed by atoms with Crippen molar-refractivity contribution in [2.75, 3.05) is 24.5 Å². The van der Waals surface area contributed by atoms with Gasteiger partial charge in [0.1, 0.15) is 5.69 Å². The van der Waals surface area contributed by atoms with Gasteiger partial charge in [-0.25, -0.2) is 23.7 Å². The second-order valence-corrected chi connectivity index (χ2v) is 8.38. The number of carbonyl (C=O) groups is 1. The number of piperidine rings is 1. The zero-order chi connectivity index (χ0) is 23.1. The molecule has 2 aliphatic rings. The van der Waals surface area contributed by atoms with Gasteiger partial charge >= 0.3 is 5.92 Å². The van der Waals surface area contributed by atoms with Gasteiger partial charge in [0.2, 0.25) is 0 Å².